The summed E-state index contributed by atoms with van der Waals surface area (Å²) in [5, 5.41) is 0. The maximum atomic E-state index is 13.2. The van der Waals surface area contributed by atoms with Crippen LogP contribution in [0.15, 0.2) is 0 Å². The third-order valence-corrected chi connectivity index (χ3v) is 7.88. The standard InChI is InChI=1S/C24H43NO3/c1-8-12-24(5,25(6)7)22(26)28-21(15-23(2,3)4)27-20-14-16-13-19(20)18-11-9-10-17(16)18/h16-21H,8-15H2,1-7H3. The number of likely N-dealkylation sites (N-methyl/N-ethyl adjacent to an activating group) is 1. The molecule has 0 aromatic heterocycles. The van der Waals surface area contributed by atoms with Crippen molar-refractivity contribution in [1.29, 1.82) is 0 Å². The van der Waals surface area contributed by atoms with Crippen LogP contribution in [-0.4, -0.2) is 42.9 Å². The molecule has 0 N–H and O–H groups in total. The molecular weight excluding hydrogens is 350 g/mol. The molecular formula is C24H43NO3. The van der Waals surface area contributed by atoms with Gasteiger partial charge in [0, 0.05) is 6.42 Å². The molecule has 3 fully saturated rings. The molecule has 7 atom stereocenters. The normalized spacial score (nSPS) is 35.1. The van der Waals surface area contributed by atoms with Crippen LogP contribution < -0.4 is 0 Å². The largest absolute Gasteiger partial charge is 0.434 e. The number of hydrogen-bond acceptors (Lipinski definition) is 4. The highest BCUT2D eigenvalue weighted by molar-refractivity contribution is 5.80. The van der Waals surface area contributed by atoms with E-state index in [1.165, 1.54) is 32.1 Å². The zero-order valence-corrected chi connectivity index (χ0v) is 19.3. The fraction of sp³-hybridized carbons (Fsp3) is 0.958. The van der Waals surface area contributed by atoms with Gasteiger partial charge in [0.25, 0.3) is 0 Å². The number of carbonyl (C=O) groups is 1. The molecule has 3 aliphatic carbocycles. The van der Waals surface area contributed by atoms with Crippen molar-refractivity contribution in [2.24, 2.45) is 29.1 Å². The second kappa shape index (κ2) is 8.26. The second-order valence-corrected chi connectivity index (χ2v) is 11.3. The first-order valence-electron chi connectivity index (χ1n) is 11.6. The van der Waals surface area contributed by atoms with E-state index in [2.05, 4.69) is 27.7 Å². The Morgan fingerprint density at radius 1 is 1.07 bits per heavy atom. The number of fused-ring (bicyclic) bond motifs is 5. The van der Waals surface area contributed by atoms with Gasteiger partial charge in [-0.1, -0.05) is 40.5 Å². The van der Waals surface area contributed by atoms with Gasteiger partial charge in [-0.25, -0.2) is 4.79 Å². The molecule has 3 rings (SSSR count). The van der Waals surface area contributed by atoms with Gasteiger partial charge in [-0.05, 0) is 82.2 Å². The Labute approximate surface area is 172 Å². The number of rotatable bonds is 8. The predicted molar refractivity (Wildman–Crippen MR) is 113 cm³/mol. The summed E-state index contributed by atoms with van der Waals surface area (Å²) in [6.45, 7) is 10.7. The third kappa shape index (κ3) is 4.43. The summed E-state index contributed by atoms with van der Waals surface area (Å²) in [4.78, 5) is 15.2. The summed E-state index contributed by atoms with van der Waals surface area (Å²) >= 11 is 0. The molecule has 3 saturated carbocycles. The predicted octanol–water partition coefficient (Wildman–Crippen LogP) is 5.25. The summed E-state index contributed by atoms with van der Waals surface area (Å²) in [6, 6.07) is 0. The summed E-state index contributed by atoms with van der Waals surface area (Å²) < 4.78 is 12.7. The number of esters is 1. The minimum absolute atomic E-state index is 0.0533. The van der Waals surface area contributed by atoms with Crippen molar-refractivity contribution in [2.45, 2.75) is 104 Å². The Bertz CT molecular complexity index is 555. The highest BCUT2D eigenvalue weighted by atomic mass is 16.7. The maximum absolute atomic E-state index is 13.2. The molecule has 4 nitrogen and oxygen atoms in total. The van der Waals surface area contributed by atoms with Crippen LogP contribution in [0.2, 0.25) is 0 Å². The van der Waals surface area contributed by atoms with Gasteiger partial charge in [-0.3, -0.25) is 4.90 Å². The molecule has 7 unspecified atom stereocenters. The van der Waals surface area contributed by atoms with Gasteiger partial charge in [0.15, 0.2) is 0 Å². The van der Waals surface area contributed by atoms with E-state index in [9.17, 15) is 4.79 Å². The van der Waals surface area contributed by atoms with Crippen molar-refractivity contribution >= 4 is 5.97 Å². The zero-order valence-electron chi connectivity index (χ0n) is 19.3. The van der Waals surface area contributed by atoms with E-state index in [0.29, 0.717) is 5.92 Å². The highest BCUT2D eigenvalue weighted by Crippen LogP contribution is 2.59. The van der Waals surface area contributed by atoms with E-state index in [-0.39, 0.29) is 17.5 Å². The van der Waals surface area contributed by atoms with Gasteiger partial charge in [0.05, 0.1) is 6.10 Å². The number of nitrogens with zero attached hydrogens (tertiary/aromatic N) is 1. The summed E-state index contributed by atoms with van der Waals surface area (Å²) in [6.07, 6.45) is 9.04. The van der Waals surface area contributed by atoms with Gasteiger partial charge in [0.2, 0.25) is 6.29 Å². The van der Waals surface area contributed by atoms with Crippen molar-refractivity contribution in [3.05, 3.63) is 0 Å². The number of ether oxygens (including phenoxy) is 2. The minimum atomic E-state index is -0.598. The minimum Gasteiger partial charge on any atom is -0.434 e. The Kier molecular flexibility index (Phi) is 6.51. The van der Waals surface area contributed by atoms with E-state index >= 15 is 0 Å². The second-order valence-electron chi connectivity index (χ2n) is 11.3. The van der Waals surface area contributed by atoms with Crippen molar-refractivity contribution in [3.8, 4) is 0 Å². The lowest BCUT2D eigenvalue weighted by Crippen LogP contribution is -2.51. The first-order valence-corrected chi connectivity index (χ1v) is 11.6. The summed E-state index contributed by atoms with van der Waals surface area (Å²) in [5.74, 6) is 3.21. The van der Waals surface area contributed by atoms with Crippen molar-refractivity contribution in [1.82, 2.24) is 4.90 Å². The average molecular weight is 394 g/mol. The average Bonchev–Trinajstić information content (AvgIpc) is 3.25. The first-order chi connectivity index (χ1) is 13.0. The van der Waals surface area contributed by atoms with Gasteiger partial charge in [-0.2, -0.15) is 0 Å². The van der Waals surface area contributed by atoms with Crippen molar-refractivity contribution in [3.63, 3.8) is 0 Å². The Morgan fingerprint density at radius 3 is 2.36 bits per heavy atom. The molecule has 3 aliphatic rings. The van der Waals surface area contributed by atoms with Crippen LogP contribution in [0.5, 0.6) is 0 Å². The Balaban J connectivity index is 1.69. The molecule has 0 radical (unpaired) electrons. The molecule has 0 spiro atoms. The molecule has 0 saturated heterocycles. The van der Waals surface area contributed by atoms with Gasteiger partial charge in [-0.15, -0.1) is 0 Å². The summed E-state index contributed by atoms with van der Waals surface area (Å²) in [7, 11) is 3.93. The topological polar surface area (TPSA) is 38.8 Å². The van der Waals surface area contributed by atoms with Gasteiger partial charge >= 0.3 is 5.97 Å². The van der Waals surface area contributed by atoms with E-state index < -0.39 is 11.8 Å². The van der Waals surface area contributed by atoms with Gasteiger partial charge < -0.3 is 9.47 Å². The van der Waals surface area contributed by atoms with Crippen LogP contribution in [0.25, 0.3) is 0 Å². The number of hydrogen-bond donors (Lipinski definition) is 0. The lowest BCUT2D eigenvalue weighted by atomic mass is 9.80. The molecule has 2 bridgehead atoms. The van der Waals surface area contributed by atoms with E-state index in [4.69, 9.17) is 9.47 Å². The quantitative estimate of drug-likeness (QED) is 0.417. The fourth-order valence-corrected chi connectivity index (χ4v) is 6.22. The number of carbonyl (C=O) groups excluding carboxylic acids is 1. The first kappa shape index (κ1) is 22.1. The van der Waals surface area contributed by atoms with Gasteiger partial charge in [0.1, 0.15) is 5.54 Å². The molecule has 0 aromatic carbocycles. The van der Waals surface area contributed by atoms with Crippen LogP contribution in [0, 0.1) is 29.1 Å². The van der Waals surface area contributed by atoms with Crippen LogP contribution in [0.3, 0.4) is 0 Å². The Hall–Kier alpha value is -0.610. The van der Waals surface area contributed by atoms with Crippen LogP contribution in [0.1, 0.15) is 86.0 Å². The zero-order chi connectivity index (χ0) is 20.7. The molecule has 4 heteroatoms. The SMILES string of the molecule is CCCC(C)(C(=O)OC(CC(C)(C)C)OC1CC2CC1C1CCCC21)N(C)C. The smallest absolute Gasteiger partial charge is 0.328 e. The highest BCUT2D eigenvalue weighted by Gasteiger charge is 2.55. The summed E-state index contributed by atoms with van der Waals surface area (Å²) in [5.41, 5.74) is -0.544. The molecule has 0 amide bonds. The van der Waals surface area contributed by atoms with Crippen molar-refractivity contribution in [2.75, 3.05) is 14.1 Å². The van der Waals surface area contributed by atoms with Crippen LogP contribution >= 0.6 is 0 Å². The maximum Gasteiger partial charge on any atom is 0.328 e. The van der Waals surface area contributed by atoms with E-state index in [1.807, 2.05) is 25.9 Å². The van der Waals surface area contributed by atoms with Crippen molar-refractivity contribution < 1.29 is 14.3 Å². The Morgan fingerprint density at radius 2 is 1.75 bits per heavy atom. The molecule has 0 heterocycles. The van der Waals surface area contributed by atoms with Crippen LogP contribution in [-0.2, 0) is 14.3 Å². The lowest BCUT2D eigenvalue weighted by molar-refractivity contribution is -0.213. The molecule has 28 heavy (non-hydrogen) atoms. The fourth-order valence-electron chi connectivity index (χ4n) is 6.22. The van der Waals surface area contributed by atoms with E-state index in [0.717, 1.165) is 37.0 Å². The molecule has 0 aliphatic heterocycles. The molecule has 162 valence electrons. The van der Waals surface area contributed by atoms with Crippen LogP contribution in [0.4, 0.5) is 0 Å². The molecule has 0 aromatic rings. The monoisotopic (exact) mass is 393 g/mol. The van der Waals surface area contributed by atoms with E-state index in [1.54, 1.807) is 0 Å². The lowest BCUT2D eigenvalue weighted by Gasteiger charge is -2.38. The third-order valence-electron chi connectivity index (χ3n) is 7.88.